The van der Waals surface area contributed by atoms with E-state index in [-0.39, 0.29) is 5.91 Å². The van der Waals surface area contributed by atoms with Crippen molar-refractivity contribution in [3.63, 3.8) is 0 Å². The average molecular weight is 337 g/mol. The number of hydrogen-bond donors (Lipinski definition) is 2. The van der Waals surface area contributed by atoms with Gasteiger partial charge in [-0.3, -0.25) is 9.48 Å². The third-order valence-corrected chi connectivity index (χ3v) is 3.55. The number of rotatable bonds is 4. The summed E-state index contributed by atoms with van der Waals surface area (Å²) >= 11 is 0. The summed E-state index contributed by atoms with van der Waals surface area (Å²) in [4.78, 5) is 16.4. The number of nitrogens with two attached hydrogens (primary N) is 1. The summed E-state index contributed by atoms with van der Waals surface area (Å²) in [6.07, 6.45) is 5.78. The molecule has 1 aromatic carbocycles. The molecule has 130 valence electrons. The Morgan fingerprint density at radius 1 is 1.08 bits per heavy atom. The van der Waals surface area contributed by atoms with Gasteiger partial charge in [0.05, 0.1) is 12.6 Å². The van der Waals surface area contributed by atoms with E-state index in [4.69, 9.17) is 0 Å². The molecule has 25 heavy (non-hydrogen) atoms. The number of aryl methyl sites for hydroxylation is 2. The molecular formula is C19H23N5O. The van der Waals surface area contributed by atoms with Crippen LogP contribution in [0.15, 0.2) is 55.0 Å². The van der Waals surface area contributed by atoms with Crippen LogP contribution in [-0.2, 0) is 18.3 Å². The Morgan fingerprint density at radius 2 is 1.80 bits per heavy atom. The van der Waals surface area contributed by atoms with E-state index in [1.54, 1.807) is 23.1 Å². The molecule has 3 rings (SSSR count). The highest BCUT2D eigenvalue weighted by molar-refractivity contribution is 5.91. The number of amides is 1. The number of carbonyl (C=O) groups excluding carboxylic acids is 1. The van der Waals surface area contributed by atoms with Gasteiger partial charge in [0, 0.05) is 30.6 Å². The van der Waals surface area contributed by atoms with E-state index in [9.17, 15) is 4.79 Å². The van der Waals surface area contributed by atoms with Crippen molar-refractivity contribution in [1.29, 1.82) is 0 Å². The summed E-state index contributed by atoms with van der Waals surface area (Å²) in [5.74, 6) is 0.477. The fourth-order valence-electron chi connectivity index (χ4n) is 2.29. The third-order valence-electron chi connectivity index (χ3n) is 3.55. The molecule has 0 unspecified atom stereocenters. The van der Waals surface area contributed by atoms with Crippen molar-refractivity contribution in [3.05, 3.63) is 66.1 Å². The maximum Gasteiger partial charge on any atom is 0.229 e. The van der Waals surface area contributed by atoms with Crippen LogP contribution >= 0.6 is 0 Å². The zero-order valence-electron chi connectivity index (χ0n) is 14.7. The maximum absolute atomic E-state index is 12.1. The van der Waals surface area contributed by atoms with E-state index in [1.165, 1.54) is 12.6 Å². The van der Waals surface area contributed by atoms with Gasteiger partial charge < -0.3 is 11.1 Å². The first-order chi connectivity index (χ1) is 12.1. The lowest BCUT2D eigenvalue weighted by Gasteiger charge is -2.05. The van der Waals surface area contributed by atoms with Gasteiger partial charge in [0.15, 0.2) is 0 Å². The number of carbonyl (C=O) groups is 1. The minimum Gasteiger partial charge on any atom is -0.333 e. The lowest BCUT2D eigenvalue weighted by atomic mass is 10.1. The predicted molar refractivity (Wildman–Crippen MR) is 100 cm³/mol. The van der Waals surface area contributed by atoms with E-state index in [0.717, 1.165) is 16.7 Å². The van der Waals surface area contributed by atoms with Gasteiger partial charge in [-0.2, -0.15) is 5.10 Å². The highest BCUT2D eigenvalue weighted by atomic mass is 16.1. The second-order valence-electron chi connectivity index (χ2n) is 5.55. The van der Waals surface area contributed by atoms with Crippen LogP contribution in [0.3, 0.4) is 0 Å². The van der Waals surface area contributed by atoms with Crippen molar-refractivity contribution in [2.24, 2.45) is 12.8 Å². The number of benzene rings is 1. The molecule has 0 fully saturated rings. The van der Waals surface area contributed by atoms with Gasteiger partial charge in [0.2, 0.25) is 5.91 Å². The van der Waals surface area contributed by atoms with Gasteiger partial charge in [-0.15, -0.1) is 0 Å². The molecule has 3 aromatic rings. The summed E-state index contributed by atoms with van der Waals surface area (Å²) in [7, 11) is 3.37. The fraction of sp³-hybridized carbons (Fsp3) is 0.211. The van der Waals surface area contributed by atoms with Crippen molar-refractivity contribution in [2.75, 3.05) is 12.4 Å². The number of nitrogens with one attached hydrogen (secondary N) is 1. The summed E-state index contributed by atoms with van der Waals surface area (Å²) in [5, 5.41) is 6.95. The average Bonchev–Trinajstić information content (AvgIpc) is 3.06. The monoisotopic (exact) mass is 337 g/mol. The highest BCUT2D eigenvalue weighted by Gasteiger charge is 2.06. The van der Waals surface area contributed by atoms with Gasteiger partial charge in [-0.1, -0.05) is 29.8 Å². The molecule has 0 spiro atoms. The minimum absolute atomic E-state index is 0.0736. The molecule has 6 heteroatoms. The van der Waals surface area contributed by atoms with Gasteiger partial charge in [-0.25, -0.2) is 4.98 Å². The van der Waals surface area contributed by atoms with Crippen molar-refractivity contribution in [3.8, 4) is 11.1 Å². The van der Waals surface area contributed by atoms with E-state index in [2.05, 4.69) is 21.1 Å². The van der Waals surface area contributed by atoms with Crippen LogP contribution in [-0.4, -0.2) is 27.7 Å². The van der Waals surface area contributed by atoms with Gasteiger partial charge in [0.1, 0.15) is 5.82 Å². The van der Waals surface area contributed by atoms with Crippen molar-refractivity contribution in [1.82, 2.24) is 14.8 Å². The number of hydrogen-bond acceptors (Lipinski definition) is 4. The minimum atomic E-state index is -0.0736. The Balaban J connectivity index is 0.00000109. The smallest absolute Gasteiger partial charge is 0.229 e. The predicted octanol–water partition coefficient (Wildman–Crippen LogP) is 2.55. The largest absolute Gasteiger partial charge is 0.333 e. The van der Waals surface area contributed by atoms with E-state index in [1.807, 2.05) is 50.5 Å². The number of aromatic nitrogens is 3. The third kappa shape index (κ3) is 5.26. The number of pyridine rings is 1. The molecule has 0 bridgehead atoms. The molecule has 0 aliphatic heterocycles. The Morgan fingerprint density at radius 3 is 2.36 bits per heavy atom. The maximum atomic E-state index is 12.1. The second kappa shape index (κ2) is 8.75. The lowest BCUT2D eigenvalue weighted by molar-refractivity contribution is -0.115. The Labute approximate surface area is 147 Å². The van der Waals surface area contributed by atoms with E-state index >= 15 is 0 Å². The van der Waals surface area contributed by atoms with Crippen LogP contribution in [0.1, 0.15) is 11.1 Å². The van der Waals surface area contributed by atoms with Crippen molar-refractivity contribution >= 4 is 11.7 Å². The molecule has 0 saturated heterocycles. The van der Waals surface area contributed by atoms with Crippen molar-refractivity contribution in [2.45, 2.75) is 13.3 Å². The van der Waals surface area contributed by atoms with E-state index in [0.29, 0.717) is 12.2 Å². The van der Waals surface area contributed by atoms with E-state index < -0.39 is 0 Å². The molecule has 0 aliphatic rings. The first-order valence-electron chi connectivity index (χ1n) is 7.98. The zero-order valence-corrected chi connectivity index (χ0v) is 14.7. The SMILES string of the molecule is CN.Cc1ccc(CC(=O)Nc2ccc(-c3cnn(C)c3)cn2)cc1. The van der Waals surface area contributed by atoms with Crippen LogP contribution in [0, 0.1) is 6.92 Å². The molecule has 3 N–H and O–H groups in total. The standard InChI is InChI=1S/C18H18N4O.CH5N/c1-13-3-5-14(6-4-13)9-18(23)21-17-8-7-15(10-19-17)16-11-20-22(2)12-16;1-2/h3-8,10-12H,9H2,1-2H3,(H,19,21,23);2H2,1H3. The molecule has 0 aliphatic carbocycles. The quantitative estimate of drug-likeness (QED) is 0.766. The van der Waals surface area contributed by atoms with Crippen LogP contribution < -0.4 is 11.1 Å². The molecule has 0 radical (unpaired) electrons. The second-order valence-corrected chi connectivity index (χ2v) is 5.55. The van der Waals surface area contributed by atoms with Crippen LogP contribution in [0.5, 0.6) is 0 Å². The number of nitrogens with zero attached hydrogens (tertiary/aromatic N) is 3. The highest BCUT2D eigenvalue weighted by Crippen LogP contribution is 2.18. The first-order valence-corrected chi connectivity index (χ1v) is 7.98. The fourth-order valence-corrected chi connectivity index (χ4v) is 2.29. The molecule has 0 atom stereocenters. The molecule has 2 heterocycles. The topological polar surface area (TPSA) is 85.8 Å². The molecule has 6 nitrogen and oxygen atoms in total. The van der Waals surface area contributed by atoms with Gasteiger partial charge in [0.25, 0.3) is 0 Å². The Hall–Kier alpha value is -2.99. The summed E-state index contributed by atoms with van der Waals surface area (Å²) in [6.45, 7) is 2.03. The summed E-state index contributed by atoms with van der Waals surface area (Å²) in [5.41, 5.74) is 8.63. The molecule has 0 saturated carbocycles. The normalized spacial score (nSPS) is 9.92. The molecule has 1 amide bonds. The van der Waals surface area contributed by atoms with Crippen LogP contribution in [0.2, 0.25) is 0 Å². The first kappa shape index (κ1) is 18.4. The van der Waals surface area contributed by atoms with Crippen LogP contribution in [0.25, 0.3) is 11.1 Å². The number of anilines is 1. The molecule has 2 aromatic heterocycles. The lowest BCUT2D eigenvalue weighted by Crippen LogP contribution is -2.15. The van der Waals surface area contributed by atoms with Crippen LogP contribution in [0.4, 0.5) is 5.82 Å². The van der Waals surface area contributed by atoms with Crippen molar-refractivity contribution < 1.29 is 4.79 Å². The Kier molecular flexibility index (Phi) is 6.42. The summed E-state index contributed by atoms with van der Waals surface area (Å²) < 4.78 is 1.74. The van der Waals surface area contributed by atoms with Gasteiger partial charge >= 0.3 is 0 Å². The van der Waals surface area contributed by atoms with Gasteiger partial charge in [-0.05, 0) is 31.7 Å². The zero-order chi connectivity index (χ0) is 18.2. The summed E-state index contributed by atoms with van der Waals surface area (Å²) in [6, 6.07) is 11.7. The molecular weight excluding hydrogens is 314 g/mol. The Bertz CT molecular complexity index is 807.